The van der Waals surface area contributed by atoms with Gasteiger partial charge in [0.1, 0.15) is 10.7 Å². The van der Waals surface area contributed by atoms with Crippen LogP contribution in [-0.4, -0.2) is 46.1 Å². The Kier molecular flexibility index (Phi) is 4.82. The molecule has 0 aromatic carbocycles. The van der Waals surface area contributed by atoms with Crippen molar-refractivity contribution >= 4 is 28.2 Å². The Morgan fingerprint density at radius 3 is 3.00 bits per heavy atom. The first-order chi connectivity index (χ1) is 9.52. The van der Waals surface area contributed by atoms with Crippen LogP contribution >= 0.6 is 11.3 Å². The predicted octanol–water partition coefficient (Wildman–Crippen LogP) is 1.53. The number of aliphatic hydroxyl groups is 1. The van der Waals surface area contributed by atoms with Crippen molar-refractivity contribution in [3.8, 4) is 0 Å². The zero-order valence-corrected chi connectivity index (χ0v) is 12.7. The van der Waals surface area contributed by atoms with Gasteiger partial charge in [-0.1, -0.05) is 11.3 Å². The van der Waals surface area contributed by atoms with Crippen LogP contribution in [0, 0.1) is 0 Å². The molecule has 0 spiro atoms. The molecule has 0 radical (unpaired) electrons. The Morgan fingerprint density at radius 2 is 2.35 bits per heavy atom. The highest BCUT2D eigenvalue weighted by Gasteiger charge is 2.29. The number of piperidine rings is 1. The molecule has 2 rings (SSSR count). The normalized spacial score (nSPS) is 19.4. The Morgan fingerprint density at radius 1 is 1.60 bits per heavy atom. The van der Waals surface area contributed by atoms with E-state index in [1.165, 1.54) is 11.3 Å². The summed E-state index contributed by atoms with van der Waals surface area (Å²) in [5.74, 6) is 0.154. The number of hydrogen-bond donors (Lipinski definition) is 3. The van der Waals surface area contributed by atoms with Gasteiger partial charge in [0.15, 0.2) is 5.13 Å². The SMILES string of the molecule is CC(C)Nc1nc(N)c(C(=O)N2CCCCC2CO)s1. The van der Waals surface area contributed by atoms with E-state index in [0.29, 0.717) is 16.6 Å². The average molecular weight is 298 g/mol. The number of aromatic nitrogens is 1. The van der Waals surface area contributed by atoms with E-state index in [1.807, 2.05) is 13.8 Å². The molecule has 112 valence electrons. The number of nitrogens with two attached hydrogens (primary N) is 1. The van der Waals surface area contributed by atoms with Crippen molar-refractivity contribution < 1.29 is 9.90 Å². The highest BCUT2D eigenvalue weighted by molar-refractivity contribution is 7.18. The maximum absolute atomic E-state index is 12.6. The molecule has 1 amide bonds. The topological polar surface area (TPSA) is 91.5 Å². The summed E-state index contributed by atoms with van der Waals surface area (Å²) in [5.41, 5.74) is 5.86. The largest absolute Gasteiger partial charge is 0.394 e. The molecule has 0 bridgehead atoms. The monoisotopic (exact) mass is 298 g/mol. The summed E-state index contributed by atoms with van der Waals surface area (Å²) in [5, 5.41) is 13.2. The average Bonchev–Trinajstić information content (AvgIpc) is 2.77. The fourth-order valence-electron chi connectivity index (χ4n) is 2.38. The number of rotatable bonds is 4. The first-order valence-corrected chi connectivity index (χ1v) is 7.79. The number of amides is 1. The van der Waals surface area contributed by atoms with Crippen molar-refractivity contribution in [3.05, 3.63) is 4.88 Å². The van der Waals surface area contributed by atoms with Crippen LogP contribution in [-0.2, 0) is 0 Å². The van der Waals surface area contributed by atoms with Crippen molar-refractivity contribution in [2.75, 3.05) is 24.2 Å². The van der Waals surface area contributed by atoms with Gasteiger partial charge in [-0.2, -0.15) is 0 Å². The Labute approximate surface area is 123 Å². The molecule has 7 heteroatoms. The highest BCUT2D eigenvalue weighted by atomic mass is 32.1. The van der Waals surface area contributed by atoms with Crippen LogP contribution in [0.1, 0.15) is 42.8 Å². The number of thiazole rings is 1. The summed E-state index contributed by atoms with van der Waals surface area (Å²) in [4.78, 5) is 19.0. The minimum atomic E-state index is -0.115. The van der Waals surface area contributed by atoms with Gasteiger partial charge in [-0.05, 0) is 33.1 Å². The van der Waals surface area contributed by atoms with Crippen LogP contribution in [0.15, 0.2) is 0 Å². The first kappa shape index (κ1) is 15.1. The molecule has 6 nitrogen and oxygen atoms in total. The minimum Gasteiger partial charge on any atom is -0.394 e. The second kappa shape index (κ2) is 6.41. The van der Waals surface area contributed by atoms with Crippen LogP contribution in [0.4, 0.5) is 10.9 Å². The van der Waals surface area contributed by atoms with Crippen LogP contribution < -0.4 is 11.1 Å². The molecule has 4 N–H and O–H groups in total. The van der Waals surface area contributed by atoms with E-state index in [-0.39, 0.29) is 30.4 Å². The number of hydrogen-bond acceptors (Lipinski definition) is 6. The lowest BCUT2D eigenvalue weighted by Crippen LogP contribution is -2.45. The molecule has 1 atom stereocenters. The predicted molar refractivity (Wildman–Crippen MR) is 81.0 cm³/mol. The number of nitrogens with one attached hydrogen (secondary N) is 1. The second-order valence-electron chi connectivity index (χ2n) is 5.36. The molecule has 1 aliphatic heterocycles. The molecule has 20 heavy (non-hydrogen) atoms. The minimum absolute atomic E-state index is 0.00154. The highest BCUT2D eigenvalue weighted by Crippen LogP contribution is 2.29. The van der Waals surface area contributed by atoms with E-state index < -0.39 is 0 Å². The third-order valence-corrected chi connectivity index (χ3v) is 4.35. The molecule has 1 aliphatic rings. The van der Waals surface area contributed by atoms with Gasteiger partial charge in [0.25, 0.3) is 5.91 Å². The Bertz CT molecular complexity index is 475. The molecule has 1 fully saturated rings. The van der Waals surface area contributed by atoms with Crippen molar-refractivity contribution in [2.24, 2.45) is 0 Å². The summed E-state index contributed by atoms with van der Waals surface area (Å²) in [6.07, 6.45) is 2.86. The summed E-state index contributed by atoms with van der Waals surface area (Å²) in [7, 11) is 0. The summed E-state index contributed by atoms with van der Waals surface area (Å²) >= 11 is 1.28. The van der Waals surface area contributed by atoms with E-state index in [0.717, 1.165) is 19.3 Å². The molecule has 1 aromatic rings. The van der Waals surface area contributed by atoms with Crippen molar-refractivity contribution in [3.63, 3.8) is 0 Å². The molecule has 0 saturated carbocycles. The zero-order chi connectivity index (χ0) is 14.7. The van der Waals surface area contributed by atoms with Crippen molar-refractivity contribution in [1.29, 1.82) is 0 Å². The van der Waals surface area contributed by atoms with Gasteiger partial charge in [0, 0.05) is 12.6 Å². The molecular weight excluding hydrogens is 276 g/mol. The Hall–Kier alpha value is -1.34. The Balaban J connectivity index is 2.17. The fraction of sp³-hybridized carbons (Fsp3) is 0.692. The number of nitrogens with zero attached hydrogens (tertiary/aromatic N) is 2. The standard InChI is InChI=1S/C13H22N4O2S/c1-8(2)15-13-16-11(14)10(20-13)12(19)17-6-4-3-5-9(17)7-18/h8-9,18H,3-7,14H2,1-2H3,(H,15,16). The third-order valence-electron chi connectivity index (χ3n) is 3.36. The number of carbonyl (C=O) groups is 1. The number of nitrogen functional groups attached to an aromatic ring is 1. The third kappa shape index (κ3) is 3.21. The van der Waals surface area contributed by atoms with Crippen LogP contribution in [0.25, 0.3) is 0 Å². The van der Waals surface area contributed by atoms with Crippen LogP contribution in [0.3, 0.4) is 0 Å². The van der Waals surface area contributed by atoms with E-state index in [9.17, 15) is 9.90 Å². The van der Waals surface area contributed by atoms with E-state index in [2.05, 4.69) is 10.3 Å². The maximum Gasteiger partial charge on any atom is 0.268 e. The maximum atomic E-state index is 12.6. The van der Waals surface area contributed by atoms with Crippen molar-refractivity contribution in [2.45, 2.75) is 45.2 Å². The van der Waals surface area contributed by atoms with Gasteiger partial charge in [-0.25, -0.2) is 4.98 Å². The number of anilines is 2. The lowest BCUT2D eigenvalue weighted by molar-refractivity contribution is 0.0508. The van der Waals surface area contributed by atoms with Gasteiger partial charge in [-0.3, -0.25) is 4.79 Å². The summed E-state index contributed by atoms with van der Waals surface area (Å²) < 4.78 is 0. The lowest BCUT2D eigenvalue weighted by atomic mass is 10.0. The molecule has 1 aromatic heterocycles. The first-order valence-electron chi connectivity index (χ1n) is 6.97. The smallest absolute Gasteiger partial charge is 0.268 e. The molecule has 1 saturated heterocycles. The fourth-order valence-corrected chi connectivity index (χ4v) is 3.37. The lowest BCUT2D eigenvalue weighted by Gasteiger charge is -2.34. The number of aliphatic hydroxyl groups excluding tert-OH is 1. The second-order valence-corrected chi connectivity index (χ2v) is 6.36. The van der Waals surface area contributed by atoms with Gasteiger partial charge < -0.3 is 21.1 Å². The quantitative estimate of drug-likeness (QED) is 0.784. The molecule has 0 aliphatic carbocycles. The number of likely N-dealkylation sites (tertiary alicyclic amines) is 1. The van der Waals surface area contributed by atoms with Crippen molar-refractivity contribution in [1.82, 2.24) is 9.88 Å². The zero-order valence-electron chi connectivity index (χ0n) is 11.9. The number of carbonyl (C=O) groups excluding carboxylic acids is 1. The van der Waals surface area contributed by atoms with Gasteiger partial charge in [0.2, 0.25) is 0 Å². The molecule has 1 unspecified atom stereocenters. The summed E-state index contributed by atoms with van der Waals surface area (Å²) in [6, 6.07) is 0.142. The molecular formula is C13H22N4O2S. The van der Waals surface area contributed by atoms with Crippen LogP contribution in [0.5, 0.6) is 0 Å². The van der Waals surface area contributed by atoms with E-state index in [4.69, 9.17) is 5.73 Å². The molecule has 2 heterocycles. The van der Waals surface area contributed by atoms with E-state index >= 15 is 0 Å². The van der Waals surface area contributed by atoms with E-state index in [1.54, 1.807) is 4.90 Å². The van der Waals surface area contributed by atoms with Crippen LogP contribution in [0.2, 0.25) is 0 Å². The van der Waals surface area contributed by atoms with Gasteiger partial charge >= 0.3 is 0 Å². The van der Waals surface area contributed by atoms with Gasteiger partial charge in [-0.15, -0.1) is 0 Å². The summed E-state index contributed by atoms with van der Waals surface area (Å²) in [6.45, 7) is 4.69. The van der Waals surface area contributed by atoms with Gasteiger partial charge in [0.05, 0.1) is 12.6 Å².